The number of fused-ring (bicyclic) bond motifs is 3. The molecule has 17 heavy (non-hydrogen) atoms. The molecule has 0 radical (unpaired) electrons. The molecule has 0 fully saturated rings. The van der Waals surface area contributed by atoms with Crippen LogP contribution in [-0.2, 0) is 0 Å². The highest BCUT2D eigenvalue weighted by Gasteiger charge is 2.14. The molecule has 3 aromatic rings. The molecule has 2 nitrogen and oxygen atoms in total. The first-order valence-corrected chi connectivity index (χ1v) is 7.23. The van der Waals surface area contributed by atoms with Gasteiger partial charge >= 0.3 is 0 Å². The lowest BCUT2D eigenvalue weighted by Crippen LogP contribution is -1.75. The second-order valence-electron chi connectivity index (χ2n) is 3.76. The first-order chi connectivity index (χ1) is 8.08. The Labute approximate surface area is 122 Å². The number of phenolic OH excluding ortho intramolecular Hbond substituents is 1. The number of aromatic nitrogens is 1. The quantitative estimate of drug-likeness (QED) is 0.508. The second-order valence-corrected chi connectivity index (χ2v) is 6.32. The zero-order valence-electron chi connectivity index (χ0n) is 8.39. The molecule has 0 bridgehead atoms. The highest BCUT2D eigenvalue weighted by molar-refractivity contribution is 9.13. The van der Waals surface area contributed by atoms with Gasteiger partial charge in [-0.3, -0.25) is 0 Å². The SMILES string of the molecule is Oc1cc(Br)c(Br)c2c1[nH]c1ccc(Br)cc12. The fourth-order valence-corrected chi connectivity index (χ4v) is 3.26. The Kier molecular flexibility index (Phi) is 2.72. The average molecular weight is 420 g/mol. The summed E-state index contributed by atoms with van der Waals surface area (Å²) in [6, 6.07) is 7.67. The van der Waals surface area contributed by atoms with Crippen molar-refractivity contribution in [2.24, 2.45) is 0 Å². The van der Waals surface area contributed by atoms with Gasteiger partial charge in [-0.15, -0.1) is 0 Å². The van der Waals surface area contributed by atoms with Crippen molar-refractivity contribution >= 4 is 69.6 Å². The summed E-state index contributed by atoms with van der Waals surface area (Å²) in [6.45, 7) is 0. The molecule has 0 saturated carbocycles. The third kappa shape index (κ3) is 1.72. The lowest BCUT2D eigenvalue weighted by molar-refractivity contribution is 0.480. The lowest BCUT2D eigenvalue weighted by Gasteiger charge is -2.01. The Balaban J connectivity index is 2.63. The van der Waals surface area contributed by atoms with Crippen molar-refractivity contribution < 1.29 is 5.11 Å². The van der Waals surface area contributed by atoms with Crippen LogP contribution >= 0.6 is 47.8 Å². The highest BCUT2D eigenvalue weighted by Crippen LogP contribution is 2.41. The fourth-order valence-electron chi connectivity index (χ4n) is 1.96. The molecule has 0 aliphatic heterocycles. The van der Waals surface area contributed by atoms with Crippen LogP contribution in [0.25, 0.3) is 21.8 Å². The van der Waals surface area contributed by atoms with E-state index in [2.05, 4.69) is 52.8 Å². The first-order valence-electron chi connectivity index (χ1n) is 4.86. The van der Waals surface area contributed by atoms with Gasteiger partial charge in [0.15, 0.2) is 0 Å². The highest BCUT2D eigenvalue weighted by atomic mass is 79.9. The van der Waals surface area contributed by atoms with Crippen LogP contribution < -0.4 is 0 Å². The summed E-state index contributed by atoms with van der Waals surface area (Å²) in [6.07, 6.45) is 0. The molecule has 0 amide bonds. The summed E-state index contributed by atoms with van der Waals surface area (Å²) >= 11 is 10.4. The van der Waals surface area contributed by atoms with Crippen molar-refractivity contribution in [3.8, 4) is 5.75 Å². The number of nitrogens with one attached hydrogen (secondary N) is 1. The summed E-state index contributed by atoms with van der Waals surface area (Å²) < 4.78 is 2.79. The second kappa shape index (κ2) is 4.00. The topological polar surface area (TPSA) is 36.0 Å². The summed E-state index contributed by atoms with van der Waals surface area (Å²) in [5.74, 6) is 0.238. The fraction of sp³-hybridized carbons (Fsp3) is 0. The molecule has 0 aliphatic carbocycles. The van der Waals surface area contributed by atoms with Gasteiger partial charge in [0.25, 0.3) is 0 Å². The number of phenols is 1. The first kappa shape index (κ1) is 11.6. The maximum Gasteiger partial charge on any atom is 0.140 e. The molecule has 2 aromatic carbocycles. The predicted molar refractivity (Wildman–Crippen MR) is 80.6 cm³/mol. The summed E-state index contributed by atoms with van der Waals surface area (Å²) in [7, 11) is 0. The summed E-state index contributed by atoms with van der Waals surface area (Å²) in [5.41, 5.74) is 1.74. The van der Waals surface area contributed by atoms with Crippen LogP contribution in [0.1, 0.15) is 0 Å². The Morgan fingerprint density at radius 1 is 1.06 bits per heavy atom. The molecule has 5 heteroatoms. The zero-order chi connectivity index (χ0) is 12.2. The molecule has 0 saturated heterocycles. The minimum Gasteiger partial charge on any atom is -0.506 e. The van der Waals surface area contributed by atoms with Crippen molar-refractivity contribution in [2.75, 3.05) is 0 Å². The largest absolute Gasteiger partial charge is 0.506 e. The third-order valence-electron chi connectivity index (χ3n) is 2.71. The van der Waals surface area contributed by atoms with Gasteiger partial charge in [0, 0.05) is 29.7 Å². The van der Waals surface area contributed by atoms with Gasteiger partial charge in [0.2, 0.25) is 0 Å². The van der Waals surface area contributed by atoms with Crippen molar-refractivity contribution in [3.63, 3.8) is 0 Å². The van der Waals surface area contributed by atoms with E-state index in [0.29, 0.717) is 0 Å². The molecule has 86 valence electrons. The smallest absolute Gasteiger partial charge is 0.140 e. The molecule has 0 aliphatic rings. The van der Waals surface area contributed by atoms with Crippen molar-refractivity contribution in [3.05, 3.63) is 37.7 Å². The summed E-state index contributed by atoms with van der Waals surface area (Å²) in [5, 5.41) is 12.0. The van der Waals surface area contributed by atoms with Gasteiger partial charge < -0.3 is 10.1 Å². The maximum absolute atomic E-state index is 9.95. The average Bonchev–Trinajstić information content (AvgIpc) is 2.65. The molecule has 0 unspecified atom stereocenters. The van der Waals surface area contributed by atoms with Crippen LogP contribution in [0, 0.1) is 0 Å². The number of hydrogen-bond donors (Lipinski definition) is 2. The van der Waals surface area contributed by atoms with Crippen LogP contribution in [0.15, 0.2) is 37.7 Å². The summed E-state index contributed by atoms with van der Waals surface area (Å²) in [4.78, 5) is 3.22. The molecule has 0 atom stereocenters. The Bertz CT molecular complexity index is 748. The standard InChI is InChI=1S/C12H6Br3NO/c13-5-1-2-8-6(3-5)10-11(15)7(14)4-9(17)12(10)16-8/h1-4,16-17H. The van der Waals surface area contributed by atoms with Crippen molar-refractivity contribution in [2.45, 2.75) is 0 Å². The van der Waals surface area contributed by atoms with Crippen molar-refractivity contribution in [1.29, 1.82) is 0 Å². The normalized spacial score (nSPS) is 11.5. The van der Waals surface area contributed by atoms with E-state index in [9.17, 15) is 5.11 Å². The number of aromatic amines is 1. The van der Waals surface area contributed by atoms with E-state index in [-0.39, 0.29) is 5.75 Å². The third-order valence-corrected chi connectivity index (χ3v) is 5.18. The molecular weight excluding hydrogens is 414 g/mol. The monoisotopic (exact) mass is 417 g/mol. The molecule has 1 heterocycles. The van der Waals surface area contributed by atoms with Crippen LogP contribution in [0.3, 0.4) is 0 Å². The van der Waals surface area contributed by atoms with Crippen LogP contribution in [0.5, 0.6) is 5.75 Å². The van der Waals surface area contributed by atoms with E-state index in [0.717, 1.165) is 35.2 Å². The number of H-pyrrole nitrogens is 1. The molecule has 1 aromatic heterocycles. The molecule has 0 spiro atoms. The van der Waals surface area contributed by atoms with Gasteiger partial charge in [0.1, 0.15) is 5.75 Å². The number of aromatic hydroxyl groups is 1. The van der Waals surface area contributed by atoms with Crippen LogP contribution in [0.2, 0.25) is 0 Å². The molecule has 3 rings (SSSR count). The van der Waals surface area contributed by atoms with Crippen LogP contribution in [-0.4, -0.2) is 10.1 Å². The van der Waals surface area contributed by atoms with E-state index in [1.54, 1.807) is 6.07 Å². The maximum atomic E-state index is 9.95. The molecular formula is C12H6Br3NO. The Morgan fingerprint density at radius 2 is 1.82 bits per heavy atom. The van der Waals surface area contributed by atoms with Crippen LogP contribution in [0.4, 0.5) is 0 Å². The lowest BCUT2D eigenvalue weighted by atomic mass is 10.1. The zero-order valence-corrected chi connectivity index (χ0v) is 13.1. The van der Waals surface area contributed by atoms with Gasteiger partial charge in [-0.25, -0.2) is 0 Å². The van der Waals surface area contributed by atoms with E-state index >= 15 is 0 Å². The van der Waals surface area contributed by atoms with Gasteiger partial charge in [-0.1, -0.05) is 15.9 Å². The van der Waals surface area contributed by atoms with Gasteiger partial charge in [0.05, 0.1) is 5.52 Å². The number of hydrogen-bond acceptors (Lipinski definition) is 1. The van der Waals surface area contributed by atoms with E-state index in [1.807, 2.05) is 18.2 Å². The Hall–Kier alpha value is -0.520. The number of rotatable bonds is 0. The minimum absolute atomic E-state index is 0.238. The predicted octanol–water partition coefficient (Wildman–Crippen LogP) is 5.31. The van der Waals surface area contributed by atoms with E-state index in [4.69, 9.17) is 0 Å². The van der Waals surface area contributed by atoms with Gasteiger partial charge in [-0.05, 0) is 56.1 Å². The number of benzene rings is 2. The van der Waals surface area contributed by atoms with Crippen molar-refractivity contribution in [1.82, 2.24) is 4.98 Å². The van der Waals surface area contributed by atoms with E-state index in [1.165, 1.54) is 0 Å². The van der Waals surface area contributed by atoms with E-state index < -0.39 is 0 Å². The van der Waals surface area contributed by atoms with Gasteiger partial charge in [-0.2, -0.15) is 0 Å². The number of halogens is 3. The molecule has 2 N–H and O–H groups in total. The Morgan fingerprint density at radius 3 is 2.59 bits per heavy atom. The minimum atomic E-state index is 0.238.